The summed E-state index contributed by atoms with van der Waals surface area (Å²) in [5.74, 6) is 0.0344. The van der Waals surface area contributed by atoms with Crippen molar-refractivity contribution in [1.82, 2.24) is 0 Å². The lowest BCUT2D eigenvalue weighted by molar-refractivity contribution is -0.384. The van der Waals surface area contributed by atoms with E-state index in [1.165, 1.54) is 12.1 Å². The third-order valence-corrected chi connectivity index (χ3v) is 3.27. The summed E-state index contributed by atoms with van der Waals surface area (Å²) in [6.45, 7) is 2.18. The van der Waals surface area contributed by atoms with Crippen molar-refractivity contribution in [1.29, 1.82) is 0 Å². The first-order chi connectivity index (χ1) is 11.0. The van der Waals surface area contributed by atoms with Crippen LogP contribution in [0.1, 0.15) is 15.9 Å². The molecule has 6 nitrogen and oxygen atoms in total. The number of aryl methyl sites for hydroxylation is 1. The molecule has 0 radical (unpaired) electrons. The number of esters is 1. The zero-order chi connectivity index (χ0) is 16.8. The highest BCUT2D eigenvalue weighted by molar-refractivity contribution is 6.33. The van der Waals surface area contributed by atoms with Gasteiger partial charge >= 0.3 is 5.97 Å². The number of benzene rings is 2. The minimum absolute atomic E-state index is 0.0243. The van der Waals surface area contributed by atoms with Gasteiger partial charge in [0.1, 0.15) is 19.0 Å². The summed E-state index contributed by atoms with van der Waals surface area (Å²) in [6, 6.07) is 11.1. The number of halogens is 1. The molecule has 0 N–H and O–H groups in total. The van der Waals surface area contributed by atoms with Crippen molar-refractivity contribution < 1.29 is 19.2 Å². The van der Waals surface area contributed by atoms with Gasteiger partial charge < -0.3 is 9.47 Å². The van der Waals surface area contributed by atoms with E-state index in [1.807, 2.05) is 31.2 Å². The molecule has 2 aromatic rings. The van der Waals surface area contributed by atoms with Crippen LogP contribution in [-0.2, 0) is 4.74 Å². The Bertz CT molecular complexity index is 732. The maximum Gasteiger partial charge on any atom is 0.339 e. The van der Waals surface area contributed by atoms with Crippen molar-refractivity contribution in [2.75, 3.05) is 13.2 Å². The molecule has 0 bridgehead atoms. The molecule has 0 aromatic heterocycles. The molecule has 0 unspecified atom stereocenters. The summed E-state index contributed by atoms with van der Waals surface area (Å²) in [6.07, 6.45) is 0. The fourth-order valence-electron chi connectivity index (χ4n) is 1.86. The molecule has 0 amide bonds. The highest BCUT2D eigenvalue weighted by Gasteiger charge is 2.16. The van der Waals surface area contributed by atoms with Crippen LogP contribution in [-0.4, -0.2) is 24.1 Å². The largest absolute Gasteiger partial charge is 0.490 e. The monoisotopic (exact) mass is 335 g/mol. The van der Waals surface area contributed by atoms with Crippen molar-refractivity contribution in [2.24, 2.45) is 0 Å². The van der Waals surface area contributed by atoms with Crippen LogP contribution in [0, 0.1) is 17.0 Å². The molecule has 0 atom stereocenters. The Morgan fingerprint density at radius 3 is 2.65 bits per heavy atom. The van der Waals surface area contributed by atoms with Gasteiger partial charge in [-0.05, 0) is 30.7 Å². The molecule has 2 aromatic carbocycles. The van der Waals surface area contributed by atoms with E-state index < -0.39 is 10.9 Å². The van der Waals surface area contributed by atoms with Crippen molar-refractivity contribution in [3.05, 3.63) is 68.7 Å². The van der Waals surface area contributed by atoms with Crippen LogP contribution in [0.3, 0.4) is 0 Å². The van der Waals surface area contributed by atoms with Gasteiger partial charge in [-0.2, -0.15) is 0 Å². The van der Waals surface area contributed by atoms with Crippen molar-refractivity contribution >= 4 is 23.3 Å². The number of nitro groups is 1. The first kappa shape index (κ1) is 16.8. The molecule has 120 valence electrons. The van der Waals surface area contributed by atoms with Gasteiger partial charge in [0.2, 0.25) is 0 Å². The molecule has 0 aliphatic carbocycles. The lowest BCUT2D eigenvalue weighted by atomic mass is 10.2. The summed E-state index contributed by atoms with van der Waals surface area (Å²) in [5, 5.41) is 10.6. The van der Waals surface area contributed by atoms with Crippen molar-refractivity contribution in [3.8, 4) is 5.75 Å². The first-order valence-corrected chi connectivity index (χ1v) is 7.15. The number of nitrogens with zero attached hydrogens (tertiary/aromatic N) is 1. The second-order valence-electron chi connectivity index (χ2n) is 4.72. The zero-order valence-electron chi connectivity index (χ0n) is 12.3. The number of hydrogen-bond donors (Lipinski definition) is 0. The average molecular weight is 336 g/mol. The second-order valence-corrected chi connectivity index (χ2v) is 5.13. The van der Waals surface area contributed by atoms with Gasteiger partial charge in [0.15, 0.2) is 0 Å². The maximum atomic E-state index is 11.9. The average Bonchev–Trinajstić information content (AvgIpc) is 2.51. The number of non-ortho nitro benzene ring substituents is 1. The van der Waals surface area contributed by atoms with Gasteiger partial charge in [-0.15, -0.1) is 0 Å². The van der Waals surface area contributed by atoms with E-state index in [9.17, 15) is 14.9 Å². The zero-order valence-corrected chi connectivity index (χ0v) is 13.1. The summed E-state index contributed by atoms with van der Waals surface area (Å²) >= 11 is 5.86. The fourth-order valence-corrected chi connectivity index (χ4v) is 2.11. The third-order valence-electron chi connectivity index (χ3n) is 2.96. The number of carbonyl (C=O) groups excluding carboxylic acids is 1. The topological polar surface area (TPSA) is 78.7 Å². The SMILES string of the molecule is Cc1cccc(OCCOC(=O)c2ccc([N+](=O)[O-])cc2Cl)c1. The maximum absolute atomic E-state index is 11.9. The lowest BCUT2D eigenvalue weighted by Crippen LogP contribution is -2.13. The Morgan fingerprint density at radius 1 is 1.22 bits per heavy atom. The van der Waals surface area contributed by atoms with Crippen LogP contribution in [0.25, 0.3) is 0 Å². The van der Waals surface area contributed by atoms with Crippen LogP contribution >= 0.6 is 11.6 Å². The van der Waals surface area contributed by atoms with Crippen molar-refractivity contribution in [2.45, 2.75) is 6.92 Å². The minimum atomic E-state index is -0.655. The molecule has 0 aliphatic rings. The van der Waals surface area contributed by atoms with Gasteiger partial charge in [0.25, 0.3) is 5.69 Å². The molecule has 7 heteroatoms. The lowest BCUT2D eigenvalue weighted by Gasteiger charge is -2.08. The number of hydrogen-bond acceptors (Lipinski definition) is 5. The number of ether oxygens (including phenoxy) is 2. The quantitative estimate of drug-likeness (QED) is 0.347. The Labute approximate surface area is 137 Å². The van der Waals surface area contributed by atoms with Gasteiger partial charge in [-0.1, -0.05) is 23.7 Å². The fraction of sp³-hybridized carbons (Fsp3) is 0.188. The summed E-state index contributed by atoms with van der Waals surface area (Å²) in [4.78, 5) is 21.9. The van der Waals surface area contributed by atoms with Crippen molar-refractivity contribution in [3.63, 3.8) is 0 Å². The molecule has 2 rings (SSSR count). The predicted octanol–water partition coefficient (Wildman–Crippen LogP) is 3.79. The first-order valence-electron chi connectivity index (χ1n) is 6.78. The minimum Gasteiger partial charge on any atom is -0.490 e. The van der Waals surface area contributed by atoms with E-state index in [2.05, 4.69) is 0 Å². The molecule has 23 heavy (non-hydrogen) atoms. The van der Waals surface area contributed by atoms with Crippen LogP contribution in [0.5, 0.6) is 5.75 Å². The smallest absolute Gasteiger partial charge is 0.339 e. The number of carbonyl (C=O) groups is 1. The Morgan fingerprint density at radius 2 is 2.00 bits per heavy atom. The van der Waals surface area contributed by atoms with E-state index in [0.29, 0.717) is 5.75 Å². The normalized spacial score (nSPS) is 10.2. The highest BCUT2D eigenvalue weighted by atomic mass is 35.5. The van der Waals surface area contributed by atoms with Gasteiger partial charge in [-0.3, -0.25) is 10.1 Å². The molecule has 0 heterocycles. The van der Waals surface area contributed by atoms with E-state index in [0.717, 1.165) is 11.6 Å². The molecule has 0 spiro atoms. The molecule has 0 fully saturated rings. The molecule has 0 saturated carbocycles. The second kappa shape index (κ2) is 7.60. The third kappa shape index (κ3) is 4.69. The highest BCUT2D eigenvalue weighted by Crippen LogP contribution is 2.23. The van der Waals surface area contributed by atoms with Gasteiger partial charge in [0.05, 0.1) is 15.5 Å². The Hall–Kier alpha value is -2.60. The standard InChI is InChI=1S/C16H14ClNO5/c1-11-3-2-4-13(9-11)22-7-8-23-16(19)14-6-5-12(18(20)21)10-15(14)17/h2-6,9-10H,7-8H2,1H3. The molecular weight excluding hydrogens is 322 g/mol. The Balaban J connectivity index is 1.86. The number of rotatable bonds is 6. The molecule has 0 saturated heterocycles. The molecule has 0 aliphatic heterocycles. The van der Waals surface area contributed by atoms with E-state index in [1.54, 1.807) is 0 Å². The Kier molecular flexibility index (Phi) is 5.54. The van der Waals surface area contributed by atoms with Gasteiger partial charge in [0, 0.05) is 12.1 Å². The van der Waals surface area contributed by atoms with E-state index in [-0.39, 0.29) is 29.5 Å². The van der Waals surface area contributed by atoms with Crippen LogP contribution < -0.4 is 4.74 Å². The molecular formula is C16H14ClNO5. The van der Waals surface area contributed by atoms with E-state index in [4.69, 9.17) is 21.1 Å². The number of nitro benzene ring substituents is 1. The summed E-state index contributed by atoms with van der Waals surface area (Å²) < 4.78 is 10.5. The summed E-state index contributed by atoms with van der Waals surface area (Å²) in [5.41, 5.74) is 0.958. The van der Waals surface area contributed by atoms with Gasteiger partial charge in [-0.25, -0.2) is 4.79 Å². The van der Waals surface area contributed by atoms with Crippen LogP contribution in [0.4, 0.5) is 5.69 Å². The predicted molar refractivity (Wildman–Crippen MR) is 85.1 cm³/mol. The van der Waals surface area contributed by atoms with Crippen LogP contribution in [0.2, 0.25) is 5.02 Å². The van der Waals surface area contributed by atoms with E-state index >= 15 is 0 Å². The summed E-state index contributed by atoms with van der Waals surface area (Å²) in [7, 11) is 0. The van der Waals surface area contributed by atoms with Crippen LogP contribution in [0.15, 0.2) is 42.5 Å².